The minimum Gasteiger partial charge on any atom is -0.452 e. The van der Waals surface area contributed by atoms with Gasteiger partial charge in [-0.3, -0.25) is 4.79 Å². The number of esters is 1. The Balaban J connectivity index is 2.07. The Morgan fingerprint density at radius 1 is 1.36 bits per heavy atom. The van der Waals surface area contributed by atoms with Crippen LogP contribution in [-0.4, -0.2) is 62.3 Å². The van der Waals surface area contributed by atoms with Gasteiger partial charge < -0.3 is 9.64 Å². The summed E-state index contributed by atoms with van der Waals surface area (Å²) < 4.78 is 32.3. The third-order valence-electron chi connectivity index (χ3n) is 4.73. The number of likely N-dealkylation sites (N-methyl/N-ethyl adjacent to an activating group) is 1. The standard InChI is InChI=1S/C19H25N3O5S/c1-15-7-3-4-12-22(15)28(25,26)17-9-5-8-16(13-17)19(24)27-14-18(23)21(2)11-6-10-20/h5,8-9,13,15H,3-4,6-7,11-12,14H2,1-2H3/t15-/m0/s1. The summed E-state index contributed by atoms with van der Waals surface area (Å²) in [5.74, 6) is -1.21. The number of hydrogen-bond acceptors (Lipinski definition) is 6. The molecule has 0 bridgehead atoms. The Kier molecular flexibility index (Phi) is 7.54. The summed E-state index contributed by atoms with van der Waals surface area (Å²) in [7, 11) is -2.19. The van der Waals surface area contributed by atoms with Gasteiger partial charge in [0.1, 0.15) is 0 Å². The SMILES string of the molecule is C[C@H]1CCCCN1S(=O)(=O)c1cccc(C(=O)OCC(=O)N(C)CCC#N)c1. The van der Waals surface area contributed by atoms with Crippen molar-refractivity contribution in [2.24, 2.45) is 0 Å². The van der Waals surface area contributed by atoms with Crippen molar-refractivity contribution in [3.8, 4) is 6.07 Å². The van der Waals surface area contributed by atoms with Gasteiger partial charge in [-0.15, -0.1) is 0 Å². The second-order valence-corrected chi connectivity index (χ2v) is 8.68. The molecule has 0 spiro atoms. The van der Waals surface area contributed by atoms with E-state index in [0.717, 1.165) is 19.3 Å². The Hall–Kier alpha value is -2.44. The fourth-order valence-electron chi connectivity index (χ4n) is 3.01. The quantitative estimate of drug-likeness (QED) is 0.638. The first-order valence-corrected chi connectivity index (χ1v) is 10.6. The lowest BCUT2D eigenvalue weighted by Gasteiger charge is -2.32. The fraction of sp³-hybridized carbons (Fsp3) is 0.526. The van der Waals surface area contributed by atoms with E-state index in [0.29, 0.717) is 6.54 Å². The number of piperidine rings is 1. The van der Waals surface area contributed by atoms with Crippen LogP contribution in [0.2, 0.25) is 0 Å². The van der Waals surface area contributed by atoms with Gasteiger partial charge in [0.25, 0.3) is 5.91 Å². The van der Waals surface area contributed by atoms with Gasteiger partial charge in [0, 0.05) is 26.2 Å². The summed E-state index contributed by atoms with van der Waals surface area (Å²) in [5.41, 5.74) is 0.0678. The lowest BCUT2D eigenvalue weighted by Crippen LogP contribution is -2.41. The molecule has 1 saturated heterocycles. The molecule has 1 amide bonds. The summed E-state index contributed by atoms with van der Waals surface area (Å²) in [4.78, 5) is 25.5. The van der Waals surface area contributed by atoms with Crippen molar-refractivity contribution in [2.75, 3.05) is 26.7 Å². The molecule has 0 aromatic heterocycles. The molecule has 0 aliphatic carbocycles. The zero-order chi connectivity index (χ0) is 20.7. The van der Waals surface area contributed by atoms with Crippen LogP contribution in [0.4, 0.5) is 0 Å². The zero-order valence-corrected chi connectivity index (χ0v) is 16.9. The molecule has 1 heterocycles. The van der Waals surface area contributed by atoms with E-state index in [2.05, 4.69) is 0 Å². The maximum atomic E-state index is 12.9. The lowest BCUT2D eigenvalue weighted by atomic mass is 10.1. The topological polar surface area (TPSA) is 108 Å². The molecule has 0 saturated carbocycles. The number of carbonyl (C=O) groups is 2. The van der Waals surface area contributed by atoms with E-state index in [1.807, 2.05) is 13.0 Å². The molecule has 1 atom stereocenters. The highest BCUT2D eigenvalue weighted by molar-refractivity contribution is 7.89. The number of ether oxygens (including phenoxy) is 1. The number of nitriles is 1. The molecule has 28 heavy (non-hydrogen) atoms. The number of sulfonamides is 1. The summed E-state index contributed by atoms with van der Waals surface area (Å²) in [6, 6.07) is 7.51. The van der Waals surface area contributed by atoms with Crippen molar-refractivity contribution in [3.63, 3.8) is 0 Å². The molecular formula is C19H25N3O5S. The first-order chi connectivity index (χ1) is 13.3. The molecule has 0 N–H and O–H groups in total. The van der Waals surface area contributed by atoms with Crippen LogP contribution in [0.5, 0.6) is 0 Å². The van der Waals surface area contributed by atoms with Crippen molar-refractivity contribution in [1.82, 2.24) is 9.21 Å². The average Bonchev–Trinajstić information content (AvgIpc) is 2.70. The molecule has 1 fully saturated rings. The Morgan fingerprint density at radius 2 is 2.11 bits per heavy atom. The minimum atomic E-state index is -3.70. The van der Waals surface area contributed by atoms with Gasteiger partial charge in [0.05, 0.1) is 22.9 Å². The van der Waals surface area contributed by atoms with Crippen LogP contribution < -0.4 is 0 Å². The summed E-state index contributed by atoms with van der Waals surface area (Å²) in [6.45, 7) is 2.11. The van der Waals surface area contributed by atoms with Gasteiger partial charge in [0.15, 0.2) is 6.61 Å². The zero-order valence-electron chi connectivity index (χ0n) is 16.1. The molecule has 8 nitrogen and oxygen atoms in total. The number of benzene rings is 1. The number of carbonyl (C=O) groups excluding carboxylic acids is 2. The third-order valence-corrected chi connectivity index (χ3v) is 6.74. The predicted molar refractivity (Wildman–Crippen MR) is 102 cm³/mol. The van der Waals surface area contributed by atoms with Gasteiger partial charge >= 0.3 is 5.97 Å². The van der Waals surface area contributed by atoms with E-state index < -0.39 is 28.5 Å². The molecule has 1 aliphatic rings. The summed E-state index contributed by atoms with van der Waals surface area (Å²) >= 11 is 0. The second-order valence-electron chi connectivity index (χ2n) is 6.79. The van der Waals surface area contributed by atoms with E-state index in [-0.39, 0.29) is 29.5 Å². The number of hydrogen-bond donors (Lipinski definition) is 0. The van der Waals surface area contributed by atoms with E-state index in [1.165, 1.54) is 40.5 Å². The summed E-state index contributed by atoms with van der Waals surface area (Å²) in [5, 5.41) is 8.54. The van der Waals surface area contributed by atoms with Crippen LogP contribution >= 0.6 is 0 Å². The smallest absolute Gasteiger partial charge is 0.338 e. The first kappa shape index (κ1) is 21.9. The van der Waals surface area contributed by atoms with E-state index in [4.69, 9.17) is 10.00 Å². The van der Waals surface area contributed by atoms with Crippen LogP contribution in [0.1, 0.15) is 43.0 Å². The van der Waals surface area contributed by atoms with Gasteiger partial charge in [-0.2, -0.15) is 9.57 Å². The van der Waals surface area contributed by atoms with Crippen LogP contribution in [0.15, 0.2) is 29.2 Å². The molecule has 0 unspecified atom stereocenters. The van der Waals surface area contributed by atoms with Crippen molar-refractivity contribution < 1.29 is 22.7 Å². The van der Waals surface area contributed by atoms with E-state index in [1.54, 1.807) is 0 Å². The monoisotopic (exact) mass is 407 g/mol. The molecule has 1 aromatic carbocycles. The van der Waals surface area contributed by atoms with E-state index in [9.17, 15) is 18.0 Å². The number of amides is 1. The minimum absolute atomic E-state index is 0.0353. The summed E-state index contributed by atoms with van der Waals surface area (Å²) in [6.07, 6.45) is 2.80. The Labute approximate surface area is 165 Å². The van der Waals surface area contributed by atoms with Crippen LogP contribution in [0, 0.1) is 11.3 Å². The van der Waals surface area contributed by atoms with Gasteiger partial charge in [-0.05, 0) is 38.0 Å². The highest BCUT2D eigenvalue weighted by atomic mass is 32.2. The van der Waals surface area contributed by atoms with E-state index >= 15 is 0 Å². The molecule has 0 radical (unpaired) electrons. The van der Waals surface area contributed by atoms with Gasteiger partial charge in [-0.1, -0.05) is 12.5 Å². The molecule has 152 valence electrons. The highest BCUT2D eigenvalue weighted by Gasteiger charge is 2.31. The predicted octanol–water partition coefficient (Wildman–Crippen LogP) is 1.78. The second kappa shape index (κ2) is 9.66. The van der Waals surface area contributed by atoms with Gasteiger partial charge in [-0.25, -0.2) is 13.2 Å². The highest BCUT2D eigenvalue weighted by Crippen LogP contribution is 2.25. The largest absolute Gasteiger partial charge is 0.452 e. The normalized spacial score (nSPS) is 17.5. The van der Waals surface area contributed by atoms with Crippen molar-refractivity contribution in [3.05, 3.63) is 29.8 Å². The fourth-order valence-corrected chi connectivity index (χ4v) is 4.76. The van der Waals surface area contributed by atoms with Crippen LogP contribution in [0.25, 0.3) is 0 Å². The maximum Gasteiger partial charge on any atom is 0.338 e. The number of rotatable bonds is 7. The Morgan fingerprint density at radius 3 is 2.79 bits per heavy atom. The van der Waals surface area contributed by atoms with Crippen LogP contribution in [-0.2, 0) is 19.6 Å². The molecule has 1 aromatic rings. The molecule has 2 rings (SSSR count). The van der Waals surface area contributed by atoms with Gasteiger partial charge in [0.2, 0.25) is 10.0 Å². The average molecular weight is 407 g/mol. The van der Waals surface area contributed by atoms with Crippen molar-refractivity contribution in [1.29, 1.82) is 5.26 Å². The Bertz CT molecular complexity index is 863. The van der Waals surface area contributed by atoms with Crippen molar-refractivity contribution in [2.45, 2.75) is 43.5 Å². The molecule has 9 heteroatoms. The van der Waals surface area contributed by atoms with Crippen LogP contribution in [0.3, 0.4) is 0 Å². The molecular weight excluding hydrogens is 382 g/mol. The number of nitrogens with zero attached hydrogens (tertiary/aromatic N) is 3. The van der Waals surface area contributed by atoms with Crippen molar-refractivity contribution >= 4 is 21.9 Å². The molecule has 1 aliphatic heterocycles. The first-order valence-electron chi connectivity index (χ1n) is 9.17. The third kappa shape index (κ3) is 5.30. The maximum absolute atomic E-state index is 12.9. The lowest BCUT2D eigenvalue weighted by molar-refractivity contribution is -0.133.